The molecular weight excluding hydrogens is 505 g/mol. The van der Waals surface area contributed by atoms with E-state index >= 15 is 0 Å². The second-order valence-corrected chi connectivity index (χ2v) is 9.05. The van der Waals surface area contributed by atoms with Crippen molar-refractivity contribution in [2.75, 3.05) is 30.3 Å². The summed E-state index contributed by atoms with van der Waals surface area (Å²) in [5.41, 5.74) is 0.810. The van der Waals surface area contributed by atoms with Crippen LogP contribution >= 0.6 is 11.5 Å². The number of carbonyl (C=O) groups excluding carboxylic acids is 1. The average molecular weight is 528 g/mol. The number of aromatic nitrogens is 4. The van der Waals surface area contributed by atoms with Gasteiger partial charge in [0.1, 0.15) is 10.8 Å². The fourth-order valence-electron chi connectivity index (χ4n) is 3.90. The maximum atomic E-state index is 12.9. The molecule has 36 heavy (non-hydrogen) atoms. The molecule has 8 nitrogen and oxygen atoms in total. The normalized spacial score (nSPS) is 15.3. The van der Waals surface area contributed by atoms with Crippen LogP contribution in [0.25, 0.3) is 0 Å². The first-order valence-electron chi connectivity index (χ1n) is 11.0. The van der Waals surface area contributed by atoms with Gasteiger partial charge in [0.15, 0.2) is 5.69 Å². The lowest BCUT2D eigenvalue weighted by atomic mass is 9.93. The molecule has 1 saturated heterocycles. The lowest BCUT2D eigenvalue weighted by Gasteiger charge is -2.31. The fourth-order valence-corrected chi connectivity index (χ4v) is 4.70. The molecule has 0 saturated carbocycles. The summed E-state index contributed by atoms with van der Waals surface area (Å²) in [5, 5.41) is 5.85. The molecule has 3 aromatic heterocycles. The van der Waals surface area contributed by atoms with Crippen molar-refractivity contribution in [3.63, 3.8) is 0 Å². The number of rotatable bonds is 7. The Morgan fingerprint density at radius 2 is 1.89 bits per heavy atom. The molecule has 0 radical (unpaired) electrons. The summed E-state index contributed by atoms with van der Waals surface area (Å²) < 4.78 is 67.4. The molecular formula is C22H22F5N7OS. The van der Waals surface area contributed by atoms with Gasteiger partial charge < -0.3 is 10.6 Å². The molecule has 1 aliphatic heterocycles. The van der Waals surface area contributed by atoms with Gasteiger partial charge >= 0.3 is 6.18 Å². The Morgan fingerprint density at radius 3 is 2.47 bits per heavy atom. The van der Waals surface area contributed by atoms with Crippen LogP contribution in [0.15, 0.2) is 30.7 Å². The zero-order valence-electron chi connectivity index (χ0n) is 19.0. The van der Waals surface area contributed by atoms with Gasteiger partial charge in [-0.3, -0.25) is 14.7 Å². The van der Waals surface area contributed by atoms with Crippen LogP contribution in [0.4, 0.5) is 38.5 Å². The van der Waals surface area contributed by atoms with Gasteiger partial charge in [-0.05, 0) is 56.5 Å². The number of nitrogens with one attached hydrogen (secondary N) is 2. The number of piperidine rings is 1. The Labute approximate surface area is 207 Å². The molecule has 0 atom stereocenters. The molecule has 2 N–H and O–H groups in total. The van der Waals surface area contributed by atoms with Crippen molar-refractivity contribution in [2.45, 2.75) is 38.3 Å². The monoisotopic (exact) mass is 527 g/mol. The average Bonchev–Trinajstić information content (AvgIpc) is 3.19. The van der Waals surface area contributed by atoms with Crippen LogP contribution in [-0.4, -0.2) is 56.2 Å². The largest absolute Gasteiger partial charge is 0.434 e. The van der Waals surface area contributed by atoms with E-state index in [0.29, 0.717) is 35.7 Å². The van der Waals surface area contributed by atoms with Gasteiger partial charge in [0, 0.05) is 11.6 Å². The van der Waals surface area contributed by atoms with Crippen LogP contribution < -0.4 is 10.6 Å². The molecule has 3 aromatic rings. The summed E-state index contributed by atoms with van der Waals surface area (Å²) in [5.74, 6) is -0.280. The van der Waals surface area contributed by atoms with Crippen molar-refractivity contribution in [2.24, 2.45) is 0 Å². The van der Waals surface area contributed by atoms with Gasteiger partial charge in [0.2, 0.25) is 0 Å². The first kappa shape index (κ1) is 25.8. The highest BCUT2D eigenvalue weighted by Gasteiger charge is 2.33. The van der Waals surface area contributed by atoms with Crippen molar-refractivity contribution in [1.29, 1.82) is 0 Å². The number of amides is 1. The number of anilines is 3. The quantitative estimate of drug-likeness (QED) is 0.413. The van der Waals surface area contributed by atoms with E-state index in [0.717, 1.165) is 36.3 Å². The highest BCUT2D eigenvalue weighted by molar-refractivity contribution is 7.10. The van der Waals surface area contributed by atoms with E-state index in [-0.39, 0.29) is 23.8 Å². The Morgan fingerprint density at radius 1 is 1.14 bits per heavy atom. The second kappa shape index (κ2) is 10.8. The van der Waals surface area contributed by atoms with E-state index in [2.05, 4.69) is 30.0 Å². The third-order valence-electron chi connectivity index (χ3n) is 5.72. The summed E-state index contributed by atoms with van der Waals surface area (Å²) in [6, 6.07) is 3.52. The Balaban J connectivity index is 1.39. The number of nitrogens with zero attached hydrogens (tertiary/aromatic N) is 5. The van der Waals surface area contributed by atoms with E-state index in [1.54, 1.807) is 24.0 Å². The molecule has 192 valence electrons. The first-order chi connectivity index (χ1) is 17.1. The molecule has 1 fully saturated rings. The third-order valence-corrected chi connectivity index (χ3v) is 6.57. The van der Waals surface area contributed by atoms with Crippen molar-refractivity contribution < 1.29 is 26.7 Å². The summed E-state index contributed by atoms with van der Waals surface area (Å²) >= 11 is 0.966. The summed E-state index contributed by atoms with van der Waals surface area (Å²) in [4.78, 5) is 26.2. The van der Waals surface area contributed by atoms with Crippen LogP contribution in [0.3, 0.4) is 0 Å². The lowest BCUT2D eigenvalue weighted by Crippen LogP contribution is -2.36. The SMILES string of the molecule is Cc1nsc(Nc2cnc(C(F)(F)F)cn2)c1C(=O)Nc1ccc(C2CCN(CC(F)F)CC2)nc1. The summed E-state index contributed by atoms with van der Waals surface area (Å²) in [7, 11) is 0. The van der Waals surface area contributed by atoms with Crippen molar-refractivity contribution >= 4 is 33.9 Å². The Bertz CT molecular complexity index is 1180. The number of carbonyl (C=O) groups is 1. The first-order valence-corrected chi connectivity index (χ1v) is 11.8. The van der Waals surface area contributed by atoms with Crippen LogP contribution in [-0.2, 0) is 6.18 Å². The van der Waals surface area contributed by atoms with E-state index < -0.39 is 24.2 Å². The minimum atomic E-state index is -4.60. The molecule has 0 bridgehead atoms. The van der Waals surface area contributed by atoms with Gasteiger partial charge in [0.05, 0.1) is 42.1 Å². The lowest BCUT2D eigenvalue weighted by molar-refractivity contribution is -0.141. The maximum Gasteiger partial charge on any atom is 0.434 e. The van der Waals surface area contributed by atoms with Gasteiger partial charge in [-0.2, -0.15) is 17.5 Å². The number of hydrogen-bond acceptors (Lipinski definition) is 8. The molecule has 0 unspecified atom stereocenters. The highest BCUT2D eigenvalue weighted by Crippen LogP contribution is 2.31. The molecule has 1 aliphatic rings. The zero-order valence-corrected chi connectivity index (χ0v) is 19.8. The van der Waals surface area contributed by atoms with Crippen LogP contribution in [0.5, 0.6) is 0 Å². The number of pyridine rings is 1. The molecule has 1 amide bonds. The van der Waals surface area contributed by atoms with Crippen molar-refractivity contribution in [3.8, 4) is 0 Å². The third kappa shape index (κ3) is 6.29. The van der Waals surface area contributed by atoms with Crippen molar-refractivity contribution in [1.82, 2.24) is 24.2 Å². The standard InChI is InChI=1S/C22H22F5N7OS/c1-12-19(21(36-33-12)32-18-10-29-16(9-30-18)22(25,26)27)20(35)31-14-2-3-15(28-8-14)13-4-6-34(7-5-13)11-17(23)24/h2-3,8-10,13,17H,4-7,11H2,1H3,(H,30,32)(H,31,35). The number of hydrogen-bond donors (Lipinski definition) is 2. The maximum absolute atomic E-state index is 12.9. The van der Waals surface area contributed by atoms with Crippen molar-refractivity contribution in [3.05, 3.63) is 53.4 Å². The summed E-state index contributed by atoms with van der Waals surface area (Å²) in [6.07, 6.45) is -2.43. The highest BCUT2D eigenvalue weighted by atomic mass is 32.1. The summed E-state index contributed by atoms with van der Waals surface area (Å²) in [6.45, 7) is 2.58. The minimum absolute atomic E-state index is 0.0336. The topological polar surface area (TPSA) is 95.9 Å². The van der Waals surface area contributed by atoms with Gasteiger partial charge in [-0.15, -0.1) is 0 Å². The molecule has 4 heterocycles. The molecule has 4 rings (SSSR count). The van der Waals surface area contributed by atoms with E-state index in [1.807, 2.05) is 0 Å². The second-order valence-electron chi connectivity index (χ2n) is 8.27. The van der Waals surface area contributed by atoms with E-state index in [4.69, 9.17) is 0 Å². The predicted molar refractivity (Wildman–Crippen MR) is 124 cm³/mol. The molecule has 14 heteroatoms. The van der Waals surface area contributed by atoms with Gasteiger partial charge in [0.25, 0.3) is 12.3 Å². The Hall–Kier alpha value is -3.26. The number of aryl methyl sites for hydroxylation is 1. The van der Waals surface area contributed by atoms with Crippen LogP contribution in [0.2, 0.25) is 0 Å². The number of likely N-dealkylation sites (tertiary alicyclic amines) is 1. The molecule has 0 aromatic carbocycles. The van der Waals surface area contributed by atoms with Crippen LogP contribution in [0, 0.1) is 6.92 Å². The van der Waals surface area contributed by atoms with E-state index in [9.17, 15) is 26.7 Å². The van der Waals surface area contributed by atoms with Gasteiger partial charge in [-0.1, -0.05) is 0 Å². The smallest absolute Gasteiger partial charge is 0.329 e. The van der Waals surface area contributed by atoms with E-state index in [1.165, 1.54) is 6.20 Å². The minimum Gasteiger partial charge on any atom is -0.329 e. The van der Waals surface area contributed by atoms with Crippen LogP contribution in [0.1, 0.15) is 46.2 Å². The molecule has 0 spiro atoms. The molecule has 0 aliphatic carbocycles. The number of halogens is 5. The number of alkyl halides is 5. The fraction of sp³-hybridized carbons (Fsp3) is 0.409. The van der Waals surface area contributed by atoms with Gasteiger partial charge in [-0.25, -0.2) is 18.7 Å². The zero-order chi connectivity index (χ0) is 25.9. The predicted octanol–water partition coefficient (Wildman–Crippen LogP) is 5.10. The Kier molecular flexibility index (Phi) is 7.73.